The van der Waals surface area contributed by atoms with E-state index in [0.717, 1.165) is 18.1 Å². The molecule has 7 heteroatoms. The van der Waals surface area contributed by atoms with Crippen LogP contribution in [-0.4, -0.2) is 52.2 Å². The Kier molecular flexibility index (Phi) is 4.24. The number of carbonyl (C=O) groups is 1. The first-order chi connectivity index (χ1) is 8.70. The molecule has 1 unspecified atom stereocenters. The van der Waals surface area contributed by atoms with E-state index < -0.39 is 5.97 Å². The largest absolute Gasteiger partial charge is 0.481 e. The van der Waals surface area contributed by atoms with E-state index in [4.69, 9.17) is 9.84 Å². The highest BCUT2D eigenvalue weighted by atomic mass is 32.2. The second-order valence-electron chi connectivity index (χ2n) is 3.94. The van der Waals surface area contributed by atoms with Gasteiger partial charge in [0.25, 0.3) is 0 Å². The molecule has 18 heavy (non-hydrogen) atoms. The van der Waals surface area contributed by atoms with Gasteiger partial charge in [-0.15, -0.1) is 0 Å². The van der Waals surface area contributed by atoms with Crippen molar-refractivity contribution in [2.24, 2.45) is 0 Å². The minimum atomic E-state index is -0.789. The SMILES string of the molecule is COc1cncc(N2CCSCC2CC(=O)O)n1. The van der Waals surface area contributed by atoms with Crippen LogP contribution in [0.3, 0.4) is 0 Å². The summed E-state index contributed by atoms with van der Waals surface area (Å²) in [6.07, 6.45) is 3.30. The summed E-state index contributed by atoms with van der Waals surface area (Å²) in [4.78, 5) is 21.2. The van der Waals surface area contributed by atoms with Gasteiger partial charge in [-0.2, -0.15) is 16.7 Å². The van der Waals surface area contributed by atoms with Gasteiger partial charge in [-0.3, -0.25) is 9.78 Å². The minimum Gasteiger partial charge on any atom is -0.481 e. The van der Waals surface area contributed by atoms with Gasteiger partial charge in [0.15, 0.2) is 5.82 Å². The first-order valence-electron chi connectivity index (χ1n) is 5.63. The number of hydrogen-bond acceptors (Lipinski definition) is 6. The van der Waals surface area contributed by atoms with Crippen molar-refractivity contribution in [1.82, 2.24) is 9.97 Å². The lowest BCUT2D eigenvalue weighted by atomic mass is 10.2. The number of nitrogens with zero attached hydrogens (tertiary/aromatic N) is 3. The predicted octanol–water partition coefficient (Wildman–Crippen LogP) is 0.882. The third kappa shape index (κ3) is 3.04. The molecule has 0 amide bonds. The zero-order valence-electron chi connectivity index (χ0n) is 10.1. The number of carboxylic acids is 1. The van der Waals surface area contributed by atoms with Crippen molar-refractivity contribution in [3.63, 3.8) is 0 Å². The quantitative estimate of drug-likeness (QED) is 0.869. The van der Waals surface area contributed by atoms with Gasteiger partial charge in [0, 0.05) is 24.1 Å². The highest BCUT2D eigenvalue weighted by Crippen LogP contribution is 2.24. The number of ether oxygens (including phenoxy) is 1. The van der Waals surface area contributed by atoms with Crippen LogP contribution in [0, 0.1) is 0 Å². The van der Waals surface area contributed by atoms with Crippen LogP contribution in [0.1, 0.15) is 6.42 Å². The van der Waals surface area contributed by atoms with Crippen molar-refractivity contribution in [1.29, 1.82) is 0 Å². The Balaban J connectivity index is 2.19. The zero-order valence-corrected chi connectivity index (χ0v) is 10.9. The van der Waals surface area contributed by atoms with E-state index >= 15 is 0 Å². The number of thioether (sulfide) groups is 1. The van der Waals surface area contributed by atoms with Gasteiger partial charge in [0.2, 0.25) is 5.88 Å². The lowest BCUT2D eigenvalue weighted by Crippen LogP contribution is -2.44. The molecule has 1 aliphatic rings. The molecule has 2 rings (SSSR count). The summed E-state index contributed by atoms with van der Waals surface area (Å²) in [5, 5.41) is 8.93. The molecule has 1 N–H and O–H groups in total. The Morgan fingerprint density at radius 3 is 3.22 bits per heavy atom. The number of aromatic nitrogens is 2. The van der Waals surface area contributed by atoms with Crippen LogP contribution in [0.25, 0.3) is 0 Å². The van der Waals surface area contributed by atoms with Gasteiger partial charge in [-0.25, -0.2) is 0 Å². The topological polar surface area (TPSA) is 75.5 Å². The van der Waals surface area contributed by atoms with Crippen LogP contribution in [0.15, 0.2) is 12.4 Å². The van der Waals surface area contributed by atoms with E-state index in [1.807, 2.05) is 4.90 Å². The zero-order chi connectivity index (χ0) is 13.0. The monoisotopic (exact) mass is 269 g/mol. The second kappa shape index (κ2) is 5.90. The van der Waals surface area contributed by atoms with Crippen LogP contribution in [0.5, 0.6) is 5.88 Å². The Labute approximate surface area is 109 Å². The first kappa shape index (κ1) is 12.9. The molecule has 1 aromatic rings. The molecule has 2 heterocycles. The fourth-order valence-electron chi connectivity index (χ4n) is 1.90. The number of anilines is 1. The van der Waals surface area contributed by atoms with E-state index in [9.17, 15) is 4.79 Å². The van der Waals surface area contributed by atoms with Crippen LogP contribution >= 0.6 is 11.8 Å². The molecule has 0 spiro atoms. The van der Waals surface area contributed by atoms with Crippen LogP contribution in [0.4, 0.5) is 5.82 Å². The standard InChI is InChI=1S/C11H15N3O3S/c1-17-10-6-12-5-9(13-10)14-2-3-18-7-8(14)4-11(15)16/h5-6,8H,2-4,7H2,1H3,(H,15,16). The van der Waals surface area contributed by atoms with Crippen molar-refractivity contribution >= 4 is 23.5 Å². The Morgan fingerprint density at radius 1 is 1.67 bits per heavy atom. The predicted molar refractivity (Wildman–Crippen MR) is 69.3 cm³/mol. The van der Waals surface area contributed by atoms with Crippen molar-refractivity contribution < 1.29 is 14.6 Å². The molecule has 1 saturated heterocycles. The summed E-state index contributed by atoms with van der Waals surface area (Å²) in [6, 6.07) is -0.0392. The normalized spacial score (nSPS) is 19.6. The fraction of sp³-hybridized carbons (Fsp3) is 0.545. The lowest BCUT2D eigenvalue weighted by Gasteiger charge is -2.35. The van der Waals surface area contributed by atoms with Crippen LogP contribution in [0.2, 0.25) is 0 Å². The Hall–Kier alpha value is -1.50. The van der Waals surface area contributed by atoms with Gasteiger partial charge in [0.1, 0.15) is 0 Å². The van der Waals surface area contributed by atoms with Gasteiger partial charge in [-0.1, -0.05) is 0 Å². The Morgan fingerprint density at radius 2 is 2.50 bits per heavy atom. The fourth-order valence-corrected chi connectivity index (χ4v) is 2.96. The van der Waals surface area contributed by atoms with Gasteiger partial charge < -0.3 is 14.7 Å². The molecule has 1 aromatic heterocycles. The number of hydrogen-bond donors (Lipinski definition) is 1. The number of carboxylic acid groups (broad SMARTS) is 1. The van der Waals surface area contributed by atoms with Crippen molar-refractivity contribution in [3.8, 4) is 5.88 Å². The molecular formula is C11H15N3O3S. The molecular weight excluding hydrogens is 254 g/mol. The third-order valence-corrected chi connectivity index (χ3v) is 3.83. The Bertz CT molecular complexity index is 430. The summed E-state index contributed by atoms with van der Waals surface area (Å²) in [6.45, 7) is 0.782. The molecule has 0 aliphatic carbocycles. The molecule has 0 radical (unpaired) electrons. The third-order valence-electron chi connectivity index (χ3n) is 2.74. The second-order valence-corrected chi connectivity index (χ2v) is 5.09. The van der Waals surface area contributed by atoms with Gasteiger partial charge in [0.05, 0.1) is 25.9 Å². The number of aliphatic carboxylic acids is 1. The van der Waals surface area contributed by atoms with Crippen LogP contribution in [-0.2, 0) is 4.79 Å². The summed E-state index contributed by atoms with van der Waals surface area (Å²) in [5.74, 6) is 2.10. The van der Waals surface area contributed by atoms with E-state index in [-0.39, 0.29) is 12.5 Å². The molecule has 6 nitrogen and oxygen atoms in total. The van der Waals surface area contributed by atoms with E-state index in [0.29, 0.717) is 11.7 Å². The highest BCUT2D eigenvalue weighted by Gasteiger charge is 2.26. The average Bonchev–Trinajstić information content (AvgIpc) is 2.39. The summed E-state index contributed by atoms with van der Waals surface area (Å²) in [5.41, 5.74) is 0. The summed E-state index contributed by atoms with van der Waals surface area (Å²) in [7, 11) is 1.54. The molecule has 98 valence electrons. The molecule has 1 fully saturated rings. The maximum absolute atomic E-state index is 10.9. The maximum atomic E-state index is 10.9. The van der Waals surface area contributed by atoms with E-state index in [1.165, 1.54) is 13.3 Å². The van der Waals surface area contributed by atoms with Crippen molar-refractivity contribution in [2.75, 3.05) is 30.1 Å². The van der Waals surface area contributed by atoms with Gasteiger partial charge in [-0.05, 0) is 0 Å². The first-order valence-corrected chi connectivity index (χ1v) is 6.78. The van der Waals surface area contributed by atoms with Crippen molar-refractivity contribution in [2.45, 2.75) is 12.5 Å². The molecule has 0 saturated carbocycles. The lowest BCUT2D eigenvalue weighted by molar-refractivity contribution is -0.137. The summed E-state index contributed by atoms with van der Waals surface area (Å²) >= 11 is 1.77. The molecule has 0 aromatic carbocycles. The minimum absolute atomic E-state index is 0.0392. The number of methoxy groups -OCH3 is 1. The highest BCUT2D eigenvalue weighted by molar-refractivity contribution is 7.99. The summed E-state index contributed by atoms with van der Waals surface area (Å²) < 4.78 is 5.04. The number of rotatable bonds is 4. The molecule has 0 bridgehead atoms. The maximum Gasteiger partial charge on any atom is 0.305 e. The van der Waals surface area contributed by atoms with E-state index in [2.05, 4.69) is 9.97 Å². The molecule has 1 aliphatic heterocycles. The molecule has 1 atom stereocenters. The average molecular weight is 269 g/mol. The van der Waals surface area contributed by atoms with E-state index in [1.54, 1.807) is 18.0 Å². The van der Waals surface area contributed by atoms with Gasteiger partial charge >= 0.3 is 5.97 Å². The van der Waals surface area contributed by atoms with Crippen molar-refractivity contribution in [3.05, 3.63) is 12.4 Å². The smallest absolute Gasteiger partial charge is 0.305 e. The van der Waals surface area contributed by atoms with Crippen LogP contribution < -0.4 is 9.64 Å².